The molecule has 1 N–H and O–H groups in total. The van der Waals surface area contributed by atoms with E-state index < -0.39 is 6.10 Å². The summed E-state index contributed by atoms with van der Waals surface area (Å²) in [6.07, 6.45) is 68.8. The van der Waals surface area contributed by atoms with Crippen LogP contribution in [0.4, 0.5) is 0 Å². The topological polar surface area (TPSA) is 55.8 Å². The van der Waals surface area contributed by atoms with Crippen molar-refractivity contribution >= 4 is 5.97 Å². The summed E-state index contributed by atoms with van der Waals surface area (Å²) >= 11 is 0. The van der Waals surface area contributed by atoms with Crippen LogP contribution in [0.15, 0.2) is 60.8 Å². The second kappa shape index (κ2) is 51.2. The maximum atomic E-state index is 12.3. The van der Waals surface area contributed by atoms with Crippen LogP contribution in [-0.4, -0.2) is 37.0 Å². The van der Waals surface area contributed by atoms with E-state index in [-0.39, 0.29) is 19.2 Å². The number of carbonyl (C=O) groups is 1. The summed E-state index contributed by atoms with van der Waals surface area (Å²) in [5.41, 5.74) is 0. The van der Waals surface area contributed by atoms with Gasteiger partial charge in [-0.2, -0.15) is 0 Å². The van der Waals surface area contributed by atoms with Gasteiger partial charge < -0.3 is 14.6 Å². The molecule has 0 saturated heterocycles. The first-order valence-electron chi connectivity index (χ1n) is 25.4. The molecule has 4 heteroatoms. The van der Waals surface area contributed by atoms with Crippen molar-refractivity contribution in [3.8, 4) is 0 Å². The molecule has 0 aromatic carbocycles. The molecule has 0 fully saturated rings. The Morgan fingerprint density at radius 3 is 1.17 bits per heavy atom. The van der Waals surface area contributed by atoms with Gasteiger partial charge in [0.05, 0.1) is 13.2 Å². The van der Waals surface area contributed by atoms with Crippen LogP contribution >= 0.6 is 0 Å². The van der Waals surface area contributed by atoms with Gasteiger partial charge in [-0.3, -0.25) is 4.79 Å². The Morgan fingerprint density at radius 2 is 0.776 bits per heavy atom. The number of aliphatic hydroxyl groups excluding tert-OH is 1. The third-order valence-electron chi connectivity index (χ3n) is 11.1. The highest BCUT2D eigenvalue weighted by molar-refractivity contribution is 5.69. The fourth-order valence-electron chi connectivity index (χ4n) is 7.36. The minimum Gasteiger partial charge on any atom is -0.457 e. The average molecular weight is 811 g/mol. The van der Waals surface area contributed by atoms with E-state index in [9.17, 15) is 9.90 Å². The summed E-state index contributed by atoms with van der Waals surface area (Å²) in [4.78, 5) is 12.3. The molecule has 1 atom stereocenters. The van der Waals surface area contributed by atoms with Crippen molar-refractivity contribution in [2.24, 2.45) is 0 Å². The van der Waals surface area contributed by atoms with Gasteiger partial charge in [-0.05, 0) is 57.8 Å². The lowest BCUT2D eigenvalue weighted by Crippen LogP contribution is -2.27. The van der Waals surface area contributed by atoms with Gasteiger partial charge in [-0.15, -0.1) is 0 Å². The molecular weight excluding hydrogens is 713 g/mol. The van der Waals surface area contributed by atoms with Gasteiger partial charge in [-0.1, -0.05) is 248 Å². The maximum Gasteiger partial charge on any atom is 0.306 e. The first kappa shape index (κ1) is 56.1. The number of aliphatic hydroxyl groups is 1. The van der Waals surface area contributed by atoms with E-state index in [1.807, 2.05) is 0 Å². The Morgan fingerprint density at radius 1 is 0.431 bits per heavy atom. The van der Waals surface area contributed by atoms with Crippen molar-refractivity contribution in [1.29, 1.82) is 0 Å². The molecule has 0 rings (SSSR count). The van der Waals surface area contributed by atoms with Crippen LogP contribution in [0.25, 0.3) is 0 Å². The van der Waals surface area contributed by atoms with Crippen molar-refractivity contribution in [1.82, 2.24) is 0 Å². The van der Waals surface area contributed by atoms with Gasteiger partial charge in [0, 0.05) is 13.0 Å². The molecule has 338 valence electrons. The van der Waals surface area contributed by atoms with Crippen LogP contribution in [0, 0.1) is 0 Å². The van der Waals surface area contributed by atoms with E-state index in [0.717, 1.165) is 64.2 Å². The van der Waals surface area contributed by atoms with Crippen LogP contribution in [0.3, 0.4) is 0 Å². The molecule has 0 aromatic rings. The molecule has 0 heterocycles. The number of rotatable bonds is 47. The minimum absolute atomic E-state index is 0.178. The van der Waals surface area contributed by atoms with Crippen LogP contribution in [0.2, 0.25) is 0 Å². The summed E-state index contributed by atoms with van der Waals surface area (Å²) in [5.74, 6) is -0.203. The van der Waals surface area contributed by atoms with E-state index in [4.69, 9.17) is 9.47 Å². The predicted octanol–water partition coefficient (Wildman–Crippen LogP) is 17.2. The lowest BCUT2D eigenvalue weighted by Gasteiger charge is -2.15. The van der Waals surface area contributed by atoms with Gasteiger partial charge >= 0.3 is 5.97 Å². The number of esters is 1. The molecule has 0 aliphatic heterocycles. The van der Waals surface area contributed by atoms with E-state index in [2.05, 4.69) is 74.6 Å². The standard InChI is InChI=1S/C54H98O4/c1-3-5-7-9-11-13-15-17-19-21-23-25-27-28-29-31-33-35-37-39-41-43-45-47-49-54(56)58-53(51-55)52-57-50-48-46-44-42-40-38-36-34-32-30-26-24-22-20-18-16-14-12-10-8-6-4-2/h6,8,12,14,18,20,24,26,32,34,53,55H,3-5,7,9-11,13,15-17,19,21-23,25,27-31,33,35-52H2,1-2H3/b8-6-,14-12-,20-18-,26-24-,34-32-. The van der Waals surface area contributed by atoms with Crippen molar-refractivity contribution in [3.05, 3.63) is 60.8 Å². The Hall–Kier alpha value is -1.91. The molecule has 0 radical (unpaired) electrons. The Bertz CT molecular complexity index is 947. The van der Waals surface area contributed by atoms with Crippen molar-refractivity contribution in [2.45, 2.75) is 258 Å². The normalized spacial score (nSPS) is 12.8. The Balaban J connectivity index is 3.42. The highest BCUT2D eigenvalue weighted by Crippen LogP contribution is 2.16. The third-order valence-corrected chi connectivity index (χ3v) is 11.1. The summed E-state index contributed by atoms with van der Waals surface area (Å²) in [6.45, 7) is 5.23. The SMILES string of the molecule is CC/C=C\C/C=C\C/C=C\C/C=C\C/C=C\CCCCCCCCOCC(CO)OC(=O)CCCCCCCCCCCCCCCCCCCCCCCCCC. The Labute approximate surface area is 362 Å². The van der Waals surface area contributed by atoms with Gasteiger partial charge in [0.1, 0.15) is 6.10 Å². The molecular formula is C54H98O4. The fraction of sp³-hybridized carbons (Fsp3) is 0.796. The van der Waals surface area contributed by atoms with Crippen molar-refractivity contribution in [3.63, 3.8) is 0 Å². The zero-order chi connectivity index (χ0) is 41.9. The van der Waals surface area contributed by atoms with Crippen LogP contribution in [0.1, 0.15) is 251 Å². The van der Waals surface area contributed by atoms with Crippen LogP contribution in [0.5, 0.6) is 0 Å². The maximum absolute atomic E-state index is 12.3. The number of allylic oxidation sites excluding steroid dienone is 10. The zero-order valence-electron chi connectivity index (χ0n) is 38.8. The highest BCUT2D eigenvalue weighted by atomic mass is 16.6. The predicted molar refractivity (Wildman–Crippen MR) is 256 cm³/mol. The first-order valence-corrected chi connectivity index (χ1v) is 25.4. The van der Waals surface area contributed by atoms with E-state index in [0.29, 0.717) is 13.0 Å². The van der Waals surface area contributed by atoms with Gasteiger partial charge in [0.2, 0.25) is 0 Å². The number of carbonyl (C=O) groups excluding carboxylic acids is 1. The number of unbranched alkanes of at least 4 members (excludes halogenated alkanes) is 29. The molecule has 0 aromatic heterocycles. The van der Waals surface area contributed by atoms with Crippen LogP contribution < -0.4 is 0 Å². The smallest absolute Gasteiger partial charge is 0.306 e. The summed E-state index contributed by atoms with van der Waals surface area (Å²) in [6, 6.07) is 0. The molecule has 0 bridgehead atoms. The highest BCUT2D eigenvalue weighted by Gasteiger charge is 2.13. The van der Waals surface area contributed by atoms with E-state index in [1.54, 1.807) is 0 Å². The zero-order valence-corrected chi connectivity index (χ0v) is 38.8. The average Bonchev–Trinajstić information content (AvgIpc) is 3.23. The number of ether oxygens (including phenoxy) is 2. The van der Waals surface area contributed by atoms with Crippen molar-refractivity contribution < 1.29 is 19.4 Å². The minimum atomic E-state index is -0.544. The van der Waals surface area contributed by atoms with Gasteiger partial charge in [-0.25, -0.2) is 0 Å². The first-order chi connectivity index (χ1) is 28.7. The van der Waals surface area contributed by atoms with Gasteiger partial charge in [0.15, 0.2) is 0 Å². The molecule has 0 spiro atoms. The quantitative estimate of drug-likeness (QED) is 0.0378. The molecule has 4 nitrogen and oxygen atoms in total. The molecule has 0 amide bonds. The monoisotopic (exact) mass is 811 g/mol. The molecule has 0 aliphatic carbocycles. The number of hydrogen-bond acceptors (Lipinski definition) is 4. The summed E-state index contributed by atoms with van der Waals surface area (Å²) < 4.78 is 11.2. The number of hydrogen-bond donors (Lipinski definition) is 1. The largest absolute Gasteiger partial charge is 0.457 e. The summed E-state index contributed by atoms with van der Waals surface area (Å²) in [5, 5.41) is 9.65. The molecule has 0 aliphatic rings. The lowest BCUT2D eigenvalue weighted by molar-refractivity contribution is -0.154. The third kappa shape index (κ3) is 48.5. The molecule has 58 heavy (non-hydrogen) atoms. The van der Waals surface area contributed by atoms with E-state index >= 15 is 0 Å². The van der Waals surface area contributed by atoms with Crippen molar-refractivity contribution in [2.75, 3.05) is 19.8 Å². The second-order valence-electron chi connectivity index (χ2n) is 16.9. The lowest BCUT2D eigenvalue weighted by atomic mass is 10.0. The Kier molecular flexibility index (Phi) is 49.5. The second-order valence-corrected chi connectivity index (χ2v) is 16.9. The summed E-state index contributed by atoms with van der Waals surface area (Å²) in [7, 11) is 0. The van der Waals surface area contributed by atoms with Crippen LogP contribution in [-0.2, 0) is 14.3 Å². The molecule has 0 saturated carbocycles. The molecule has 1 unspecified atom stereocenters. The fourth-order valence-corrected chi connectivity index (χ4v) is 7.36. The van der Waals surface area contributed by atoms with E-state index in [1.165, 1.54) is 167 Å². The van der Waals surface area contributed by atoms with Gasteiger partial charge in [0.25, 0.3) is 0 Å².